The minimum Gasteiger partial charge on any atom is -0.343 e. The highest BCUT2D eigenvalue weighted by Gasteiger charge is 2.37. The summed E-state index contributed by atoms with van der Waals surface area (Å²) in [5.41, 5.74) is 6.13. The highest BCUT2D eigenvalue weighted by Crippen LogP contribution is 2.34. The second-order valence-corrected chi connectivity index (χ2v) is 6.63. The van der Waals surface area contributed by atoms with E-state index in [1.54, 1.807) is 0 Å². The molecule has 1 fully saturated rings. The zero-order valence-electron chi connectivity index (χ0n) is 12.8. The van der Waals surface area contributed by atoms with Gasteiger partial charge in [0.2, 0.25) is 5.91 Å². The molecule has 106 valence electrons. The molecule has 0 bridgehead atoms. The van der Waals surface area contributed by atoms with Gasteiger partial charge in [-0.2, -0.15) is 0 Å². The van der Waals surface area contributed by atoms with Gasteiger partial charge in [0.1, 0.15) is 0 Å². The van der Waals surface area contributed by atoms with Gasteiger partial charge in [0.25, 0.3) is 0 Å². The summed E-state index contributed by atoms with van der Waals surface area (Å²) < 4.78 is 0. The average molecular weight is 254 g/mol. The molecule has 1 amide bonds. The van der Waals surface area contributed by atoms with Crippen molar-refractivity contribution in [2.45, 2.75) is 59.5 Å². The molecular weight excluding hydrogens is 224 g/mol. The highest BCUT2D eigenvalue weighted by atomic mass is 16.2. The standard InChI is InChI=1S/C15H30N2O/c1-9(2)12(5)17(6)15(18)13-8-14(16)11(4)7-10(13)3/h9-14H,7-8,16H2,1-6H3. The van der Waals surface area contributed by atoms with Crippen molar-refractivity contribution in [2.24, 2.45) is 29.4 Å². The van der Waals surface area contributed by atoms with Gasteiger partial charge in [0.15, 0.2) is 0 Å². The Balaban J connectivity index is 2.71. The van der Waals surface area contributed by atoms with Crippen molar-refractivity contribution in [3.63, 3.8) is 0 Å². The van der Waals surface area contributed by atoms with Gasteiger partial charge in [-0.25, -0.2) is 0 Å². The van der Waals surface area contributed by atoms with E-state index in [-0.39, 0.29) is 17.9 Å². The maximum Gasteiger partial charge on any atom is 0.225 e. The molecule has 1 aliphatic carbocycles. The van der Waals surface area contributed by atoms with Crippen LogP contribution in [0.2, 0.25) is 0 Å². The number of nitrogens with two attached hydrogens (primary N) is 1. The van der Waals surface area contributed by atoms with Crippen molar-refractivity contribution >= 4 is 5.91 Å². The maximum atomic E-state index is 12.6. The highest BCUT2D eigenvalue weighted by molar-refractivity contribution is 5.79. The van der Waals surface area contributed by atoms with Crippen LogP contribution in [0.4, 0.5) is 0 Å². The van der Waals surface area contributed by atoms with Crippen LogP contribution in [-0.4, -0.2) is 29.9 Å². The predicted molar refractivity (Wildman–Crippen MR) is 76.1 cm³/mol. The maximum absolute atomic E-state index is 12.6. The third kappa shape index (κ3) is 3.25. The van der Waals surface area contributed by atoms with Crippen LogP contribution in [0.3, 0.4) is 0 Å². The molecule has 5 unspecified atom stereocenters. The van der Waals surface area contributed by atoms with E-state index in [1.165, 1.54) is 0 Å². The summed E-state index contributed by atoms with van der Waals surface area (Å²) in [7, 11) is 1.93. The van der Waals surface area contributed by atoms with E-state index in [0.717, 1.165) is 12.8 Å². The first-order valence-electron chi connectivity index (χ1n) is 7.27. The molecule has 0 spiro atoms. The topological polar surface area (TPSA) is 46.3 Å². The van der Waals surface area contributed by atoms with Crippen molar-refractivity contribution in [2.75, 3.05) is 7.05 Å². The van der Waals surface area contributed by atoms with Gasteiger partial charge in [-0.15, -0.1) is 0 Å². The number of rotatable bonds is 3. The molecule has 3 heteroatoms. The molecule has 2 N–H and O–H groups in total. The number of amides is 1. The molecule has 0 aromatic carbocycles. The zero-order chi connectivity index (χ0) is 14.0. The molecule has 3 nitrogen and oxygen atoms in total. The minimum atomic E-state index is 0.113. The Morgan fingerprint density at radius 3 is 2.22 bits per heavy atom. The first-order chi connectivity index (χ1) is 8.25. The lowest BCUT2D eigenvalue weighted by molar-refractivity contribution is -0.140. The third-order valence-corrected chi connectivity index (χ3v) is 4.93. The van der Waals surface area contributed by atoms with Crippen molar-refractivity contribution in [1.29, 1.82) is 0 Å². The van der Waals surface area contributed by atoms with Crippen LogP contribution in [0.25, 0.3) is 0 Å². The number of carbonyl (C=O) groups is 1. The average Bonchev–Trinajstić information content (AvgIpc) is 2.30. The van der Waals surface area contributed by atoms with Gasteiger partial charge in [-0.05, 0) is 37.5 Å². The lowest BCUT2D eigenvalue weighted by Gasteiger charge is -2.39. The second kappa shape index (κ2) is 6.05. The zero-order valence-corrected chi connectivity index (χ0v) is 12.8. The van der Waals surface area contributed by atoms with Crippen LogP contribution in [0, 0.1) is 23.7 Å². The molecule has 1 rings (SSSR count). The quantitative estimate of drug-likeness (QED) is 0.841. The van der Waals surface area contributed by atoms with E-state index in [4.69, 9.17) is 5.73 Å². The second-order valence-electron chi connectivity index (χ2n) is 6.63. The number of hydrogen-bond acceptors (Lipinski definition) is 2. The fourth-order valence-electron chi connectivity index (χ4n) is 2.94. The third-order valence-electron chi connectivity index (χ3n) is 4.93. The van der Waals surface area contributed by atoms with Crippen LogP contribution < -0.4 is 5.73 Å². The summed E-state index contributed by atoms with van der Waals surface area (Å²) >= 11 is 0. The number of nitrogens with zero attached hydrogens (tertiary/aromatic N) is 1. The van der Waals surface area contributed by atoms with Gasteiger partial charge in [-0.1, -0.05) is 27.7 Å². The Morgan fingerprint density at radius 1 is 1.17 bits per heavy atom. The van der Waals surface area contributed by atoms with Gasteiger partial charge >= 0.3 is 0 Å². The van der Waals surface area contributed by atoms with Crippen molar-refractivity contribution in [3.8, 4) is 0 Å². The predicted octanol–water partition coefficient (Wildman–Crippen LogP) is 2.50. The molecule has 0 saturated heterocycles. The van der Waals surface area contributed by atoms with E-state index in [2.05, 4.69) is 34.6 Å². The first-order valence-corrected chi connectivity index (χ1v) is 7.27. The summed E-state index contributed by atoms with van der Waals surface area (Å²) in [5.74, 6) is 1.88. The Kier molecular flexibility index (Phi) is 5.20. The lowest BCUT2D eigenvalue weighted by Crippen LogP contribution is -2.48. The van der Waals surface area contributed by atoms with Crippen LogP contribution in [0.15, 0.2) is 0 Å². The van der Waals surface area contributed by atoms with Gasteiger partial charge in [0, 0.05) is 25.0 Å². The van der Waals surface area contributed by atoms with Gasteiger partial charge in [-0.3, -0.25) is 4.79 Å². The molecular formula is C15H30N2O. The first kappa shape index (κ1) is 15.5. The number of carbonyl (C=O) groups excluding carboxylic acids is 1. The molecule has 0 aromatic heterocycles. The SMILES string of the molecule is CC(C)C(C)N(C)C(=O)C1CC(N)C(C)CC1C. The minimum absolute atomic E-state index is 0.113. The molecule has 1 saturated carbocycles. The summed E-state index contributed by atoms with van der Waals surface area (Å²) in [5, 5.41) is 0. The fraction of sp³-hybridized carbons (Fsp3) is 0.933. The Bertz CT molecular complexity index is 290. The van der Waals surface area contributed by atoms with Crippen molar-refractivity contribution < 1.29 is 4.79 Å². The van der Waals surface area contributed by atoms with E-state index >= 15 is 0 Å². The van der Waals surface area contributed by atoms with Crippen LogP contribution in [0.5, 0.6) is 0 Å². The smallest absolute Gasteiger partial charge is 0.225 e. The van der Waals surface area contributed by atoms with E-state index in [1.807, 2.05) is 11.9 Å². The summed E-state index contributed by atoms with van der Waals surface area (Å²) in [6.07, 6.45) is 1.91. The Hall–Kier alpha value is -0.570. The molecule has 18 heavy (non-hydrogen) atoms. The van der Waals surface area contributed by atoms with Gasteiger partial charge < -0.3 is 10.6 Å². The Labute approximate surface area is 112 Å². The van der Waals surface area contributed by atoms with E-state index in [0.29, 0.717) is 23.8 Å². The molecule has 0 heterocycles. The number of hydrogen-bond donors (Lipinski definition) is 1. The van der Waals surface area contributed by atoms with Crippen LogP contribution in [0.1, 0.15) is 47.5 Å². The molecule has 1 aliphatic rings. The fourth-order valence-corrected chi connectivity index (χ4v) is 2.94. The monoisotopic (exact) mass is 254 g/mol. The normalized spacial score (nSPS) is 34.4. The van der Waals surface area contributed by atoms with E-state index < -0.39 is 0 Å². The van der Waals surface area contributed by atoms with Crippen LogP contribution >= 0.6 is 0 Å². The summed E-state index contributed by atoms with van der Waals surface area (Å²) in [6, 6.07) is 0.471. The Morgan fingerprint density at radius 2 is 1.72 bits per heavy atom. The summed E-state index contributed by atoms with van der Waals surface area (Å²) in [6.45, 7) is 10.8. The largest absolute Gasteiger partial charge is 0.343 e. The molecule has 0 radical (unpaired) electrons. The molecule has 0 aromatic rings. The molecule has 5 atom stereocenters. The van der Waals surface area contributed by atoms with Crippen molar-refractivity contribution in [1.82, 2.24) is 4.90 Å². The molecule has 0 aliphatic heterocycles. The van der Waals surface area contributed by atoms with E-state index in [9.17, 15) is 4.79 Å². The van der Waals surface area contributed by atoms with Gasteiger partial charge in [0.05, 0.1) is 0 Å². The summed E-state index contributed by atoms with van der Waals surface area (Å²) in [4.78, 5) is 14.5. The van der Waals surface area contributed by atoms with Crippen molar-refractivity contribution in [3.05, 3.63) is 0 Å². The van der Waals surface area contributed by atoms with Crippen LogP contribution in [-0.2, 0) is 4.79 Å². The lowest BCUT2D eigenvalue weighted by atomic mass is 9.72.